The molecule has 88 valence electrons. The predicted molar refractivity (Wildman–Crippen MR) is 72.0 cm³/mol. The number of anilines is 1. The summed E-state index contributed by atoms with van der Waals surface area (Å²) in [6.45, 7) is 0. The lowest BCUT2D eigenvalue weighted by molar-refractivity contribution is 0.415. The molecule has 1 atom stereocenters. The van der Waals surface area contributed by atoms with Crippen molar-refractivity contribution in [1.29, 1.82) is 0 Å². The van der Waals surface area contributed by atoms with Gasteiger partial charge in [-0.05, 0) is 30.7 Å². The zero-order valence-electron chi connectivity index (χ0n) is 9.33. The molecule has 4 heteroatoms. The Morgan fingerprint density at radius 3 is 3.00 bits per heavy atom. The van der Waals surface area contributed by atoms with E-state index in [1.807, 2.05) is 30.0 Å². The Bertz CT molecular complexity index is 353. The summed E-state index contributed by atoms with van der Waals surface area (Å²) in [6.07, 6.45) is 2.52. The van der Waals surface area contributed by atoms with E-state index in [0.717, 1.165) is 16.5 Å². The zero-order valence-corrected chi connectivity index (χ0v) is 10.9. The third-order valence-electron chi connectivity index (χ3n) is 2.70. The van der Waals surface area contributed by atoms with Gasteiger partial charge in [0.05, 0.1) is 17.8 Å². The van der Waals surface area contributed by atoms with Crippen molar-refractivity contribution in [1.82, 2.24) is 0 Å². The number of ether oxygens (including phenoxy) is 1. The minimum Gasteiger partial charge on any atom is -0.497 e. The minimum atomic E-state index is 0.546. The lowest BCUT2D eigenvalue weighted by Crippen LogP contribution is -2.25. The van der Waals surface area contributed by atoms with E-state index in [-0.39, 0.29) is 0 Å². The molecule has 2 rings (SSSR count). The molecular weight excluding hydrogens is 242 g/mol. The number of nitrogens with one attached hydrogen (secondary N) is 1. The lowest BCUT2D eigenvalue weighted by atomic mass is 10.1. The van der Waals surface area contributed by atoms with E-state index < -0.39 is 0 Å². The Balaban J connectivity index is 2.03. The minimum absolute atomic E-state index is 0.546. The Hall–Kier alpha value is -0.540. The second-order valence-corrected chi connectivity index (χ2v) is 5.46. The van der Waals surface area contributed by atoms with Crippen LogP contribution in [0.15, 0.2) is 18.2 Å². The van der Waals surface area contributed by atoms with Crippen molar-refractivity contribution in [2.24, 2.45) is 0 Å². The van der Waals surface area contributed by atoms with Crippen LogP contribution in [0.25, 0.3) is 0 Å². The molecule has 0 aliphatic carbocycles. The first-order valence-electron chi connectivity index (χ1n) is 5.47. The second-order valence-electron chi connectivity index (χ2n) is 3.90. The summed E-state index contributed by atoms with van der Waals surface area (Å²) in [7, 11) is 1.65. The van der Waals surface area contributed by atoms with Gasteiger partial charge in [0.2, 0.25) is 0 Å². The quantitative estimate of drug-likeness (QED) is 0.893. The normalized spacial score (nSPS) is 20.5. The molecule has 1 saturated heterocycles. The van der Waals surface area contributed by atoms with Crippen LogP contribution < -0.4 is 10.1 Å². The SMILES string of the molecule is COc1ccc(NC2CCCSC2)c(Cl)c1. The number of hydrogen-bond acceptors (Lipinski definition) is 3. The van der Waals surface area contributed by atoms with Gasteiger partial charge in [0, 0.05) is 17.9 Å². The number of halogens is 1. The summed E-state index contributed by atoms with van der Waals surface area (Å²) in [4.78, 5) is 0. The maximum absolute atomic E-state index is 6.18. The molecule has 0 saturated carbocycles. The van der Waals surface area contributed by atoms with Gasteiger partial charge in [0.15, 0.2) is 0 Å². The summed E-state index contributed by atoms with van der Waals surface area (Å²) in [5.74, 6) is 3.25. The van der Waals surface area contributed by atoms with Crippen LogP contribution in [0.3, 0.4) is 0 Å². The number of thioether (sulfide) groups is 1. The second kappa shape index (κ2) is 5.69. The van der Waals surface area contributed by atoms with Crippen LogP contribution in [-0.4, -0.2) is 24.7 Å². The highest BCUT2D eigenvalue weighted by molar-refractivity contribution is 7.99. The molecule has 2 nitrogen and oxygen atoms in total. The molecule has 1 aliphatic heterocycles. The highest BCUT2D eigenvalue weighted by Crippen LogP contribution is 2.29. The molecule has 0 aromatic heterocycles. The van der Waals surface area contributed by atoms with Crippen molar-refractivity contribution in [3.63, 3.8) is 0 Å². The number of benzene rings is 1. The smallest absolute Gasteiger partial charge is 0.120 e. The van der Waals surface area contributed by atoms with Crippen LogP contribution in [0.5, 0.6) is 5.75 Å². The summed E-state index contributed by atoms with van der Waals surface area (Å²) in [5.41, 5.74) is 1.01. The van der Waals surface area contributed by atoms with Crippen LogP contribution in [0.2, 0.25) is 5.02 Å². The average molecular weight is 258 g/mol. The zero-order chi connectivity index (χ0) is 11.4. The molecule has 1 unspecified atom stereocenters. The van der Waals surface area contributed by atoms with Crippen molar-refractivity contribution in [3.05, 3.63) is 23.2 Å². The largest absolute Gasteiger partial charge is 0.497 e. The molecule has 16 heavy (non-hydrogen) atoms. The Morgan fingerprint density at radius 2 is 2.38 bits per heavy atom. The van der Waals surface area contributed by atoms with Crippen molar-refractivity contribution >= 4 is 29.1 Å². The number of hydrogen-bond donors (Lipinski definition) is 1. The van der Waals surface area contributed by atoms with Gasteiger partial charge in [-0.1, -0.05) is 11.6 Å². The van der Waals surface area contributed by atoms with Crippen molar-refractivity contribution in [2.75, 3.05) is 23.9 Å². The highest BCUT2D eigenvalue weighted by atomic mass is 35.5. The van der Waals surface area contributed by atoms with Gasteiger partial charge < -0.3 is 10.1 Å². The molecular formula is C12H16ClNOS. The molecule has 0 bridgehead atoms. The first-order valence-corrected chi connectivity index (χ1v) is 7.00. The number of rotatable bonds is 3. The van der Waals surface area contributed by atoms with E-state index >= 15 is 0 Å². The van der Waals surface area contributed by atoms with Crippen molar-refractivity contribution < 1.29 is 4.74 Å². The monoisotopic (exact) mass is 257 g/mol. The fourth-order valence-electron chi connectivity index (χ4n) is 1.81. The van der Waals surface area contributed by atoms with Crippen LogP contribution in [0.1, 0.15) is 12.8 Å². The molecule has 0 spiro atoms. The first kappa shape index (κ1) is 11.9. The van der Waals surface area contributed by atoms with Crippen LogP contribution in [0, 0.1) is 0 Å². The Morgan fingerprint density at radius 1 is 1.50 bits per heavy atom. The highest BCUT2D eigenvalue weighted by Gasteiger charge is 2.14. The standard InChI is InChI=1S/C12H16ClNOS/c1-15-10-4-5-12(11(13)7-10)14-9-3-2-6-16-8-9/h4-5,7,9,14H,2-3,6,8H2,1H3. The molecule has 1 aliphatic rings. The van der Waals surface area contributed by atoms with Crippen LogP contribution >= 0.6 is 23.4 Å². The summed E-state index contributed by atoms with van der Waals surface area (Å²) < 4.78 is 5.12. The van der Waals surface area contributed by atoms with Crippen molar-refractivity contribution in [2.45, 2.75) is 18.9 Å². The summed E-state index contributed by atoms with van der Waals surface area (Å²) in [6, 6.07) is 6.31. The average Bonchev–Trinajstić information content (AvgIpc) is 2.33. The first-order chi connectivity index (χ1) is 7.79. The van der Waals surface area contributed by atoms with Crippen LogP contribution in [-0.2, 0) is 0 Å². The van der Waals surface area contributed by atoms with Crippen LogP contribution in [0.4, 0.5) is 5.69 Å². The number of methoxy groups -OCH3 is 1. The van der Waals surface area contributed by atoms with E-state index in [1.54, 1.807) is 7.11 Å². The summed E-state index contributed by atoms with van der Waals surface area (Å²) >= 11 is 8.18. The molecule has 0 radical (unpaired) electrons. The molecule has 1 heterocycles. The fraction of sp³-hybridized carbons (Fsp3) is 0.500. The van der Waals surface area contributed by atoms with E-state index in [1.165, 1.54) is 24.3 Å². The molecule has 1 aromatic rings. The Labute approximate surface area is 106 Å². The topological polar surface area (TPSA) is 21.3 Å². The van der Waals surface area contributed by atoms with E-state index in [0.29, 0.717) is 6.04 Å². The predicted octanol–water partition coefficient (Wildman–Crippen LogP) is 3.66. The van der Waals surface area contributed by atoms with Gasteiger partial charge in [-0.2, -0.15) is 11.8 Å². The Kier molecular flexibility index (Phi) is 4.24. The van der Waals surface area contributed by atoms with Gasteiger partial charge in [-0.3, -0.25) is 0 Å². The van der Waals surface area contributed by atoms with Gasteiger partial charge in [-0.25, -0.2) is 0 Å². The van der Waals surface area contributed by atoms with E-state index in [9.17, 15) is 0 Å². The van der Waals surface area contributed by atoms with Gasteiger partial charge in [0.1, 0.15) is 5.75 Å². The third-order valence-corrected chi connectivity index (χ3v) is 4.22. The summed E-state index contributed by atoms with van der Waals surface area (Å²) in [5, 5.41) is 4.22. The van der Waals surface area contributed by atoms with Gasteiger partial charge >= 0.3 is 0 Å². The van der Waals surface area contributed by atoms with Gasteiger partial charge in [-0.15, -0.1) is 0 Å². The van der Waals surface area contributed by atoms with E-state index in [4.69, 9.17) is 16.3 Å². The fourth-order valence-corrected chi connectivity index (χ4v) is 3.11. The lowest BCUT2D eigenvalue weighted by Gasteiger charge is -2.24. The maximum Gasteiger partial charge on any atom is 0.120 e. The van der Waals surface area contributed by atoms with E-state index in [2.05, 4.69) is 5.32 Å². The maximum atomic E-state index is 6.18. The molecule has 0 amide bonds. The molecule has 1 aromatic carbocycles. The van der Waals surface area contributed by atoms with Crippen molar-refractivity contribution in [3.8, 4) is 5.75 Å². The molecule has 1 N–H and O–H groups in total. The van der Waals surface area contributed by atoms with Gasteiger partial charge in [0.25, 0.3) is 0 Å². The molecule has 1 fully saturated rings. The third kappa shape index (κ3) is 2.98.